The van der Waals surface area contributed by atoms with Crippen molar-refractivity contribution in [3.63, 3.8) is 0 Å². The van der Waals surface area contributed by atoms with Gasteiger partial charge in [-0.1, -0.05) is 36.3 Å². The summed E-state index contributed by atoms with van der Waals surface area (Å²) < 4.78 is 10.6. The molecule has 2 amide bonds. The van der Waals surface area contributed by atoms with Crippen molar-refractivity contribution < 1.29 is 19.1 Å². The Kier molecular flexibility index (Phi) is 6.64. The van der Waals surface area contributed by atoms with E-state index in [0.29, 0.717) is 22.7 Å². The average Bonchev–Trinajstić information content (AvgIpc) is 2.78. The molecule has 0 saturated heterocycles. The van der Waals surface area contributed by atoms with Gasteiger partial charge < -0.3 is 14.8 Å². The lowest BCUT2D eigenvalue weighted by atomic mass is 10.0. The second-order valence-corrected chi connectivity index (χ2v) is 6.07. The largest absolute Gasteiger partial charge is 0.497 e. The van der Waals surface area contributed by atoms with Crippen LogP contribution in [0.25, 0.3) is 10.8 Å². The molecule has 2 N–H and O–H groups in total. The van der Waals surface area contributed by atoms with Crippen LogP contribution in [0, 0.1) is 12.3 Å². The smallest absolute Gasteiger partial charge is 0.329 e. The number of carbonyl (C=O) groups is 2. The van der Waals surface area contributed by atoms with Crippen LogP contribution in [0.5, 0.6) is 11.5 Å². The fourth-order valence-electron chi connectivity index (χ4n) is 2.72. The predicted octanol–water partition coefficient (Wildman–Crippen LogP) is 2.95. The number of amides is 2. The zero-order valence-corrected chi connectivity index (χ0v) is 16.2. The van der Waals surface area contributed by atoms with Gasteiger partial charge in [0.25, 0.3) is 0 Å². The lowest BCUT2D eigenvalue weighted by Gasteiger charge is -2.10. The van der Waals surface area contributed by atoms with Gasteiger partial charge in [0.05, 0.1) is 13.3 Å². The normalized spacial score (nSPS) is 10.4. The minimum absolute atomic E-state index is 0.0931. The van der Waals surface area contributed by atoms with Crippen LogP contribution in [0.15, 0.2) is 65.8 Å². The number of nitrogens with zero attached hydrogens (tertiary/aromatic N) is 1. The molecule has 0 aromatic heterocycles. The number of fused-ring (bicyclic) bond motifs is 1. The maximum Gasteiger partial charge on any atom is 0.329 e. The average molecular weight is 401 g/mol. The molecule has 3 aromatic carbocycles. The van der Waals surface area contributed by atoms with Crippen LogP contribution in [0.2, 0.25) is 0 Å². The predicted molar refractivity (Wildman–Crippen MR) is 116 cm³/mol. The number of methoxy groups -OCH3 is 1. The highest BCUT2D eigenvalue weighted by Crippen LogP contribution is 2.26. The van der Waals surface area contributed by atoms with Gasteiger partial charge in [-0.15, -0.1) is 6.42 Å². The zero-order valence-electron chi connectivity index (χ0n) is 16.2. The van der Waals surface area contributed by atoms with Gasteiger partial charge in [0.15, 0.2) is 0 Å². The topological polar surface area (TPSA) is 89.0 Å². The Morgan fingerprint density at radius 1 is 1.07 bits per heavy atom. The number of terminal acetylenes is 1. The van der Waals surface area contributed by atoms with Crippen LogP contribution < -0.4 is 20.2 Å². The van der Waals surface area contributed by atoms with Gasteiger partial charge in [0.2, 0.25) is 0 Å². The summed E-state index contributed by atoms with van der Waals surface area (Å²) in [6, 6.07) is 17.9. The molecule has 0 fully saturated rings. The Morgan fingerprint density at radius 3 is 2.57 bits per heavy atom. The number of anilines is 1. The molecule has 30 heavy (non-hydrogen) atoms. The summed E-state index contributed by atoms with van der Waals surface area (Å²) >= 11 is 0. The third-order valence-electron chi connectivity index (χ3n) is 4.16. The molecular formula is C23H19N3O4. The summed E-state index contributed by atoms with van der Waals surface area (Å²) in [5.74, 6) is 1.82. The van der Waals surface area contributed by atoms with Gasteiger partial charge in [-0.05, 0) is 41.1 Å². The number of ether oxygens (including phenoxy) is 2. The van der Waals surface area contributed by atoms with Gasteiger partial charge in [-0.3, -0.25) is 9.59 Å². The Balaban J connectivity index is 1.72. The van der Waals surface area contributed by atoms with Crippen LogP contribution in [0.3, 0.4) is 0 Å². The number of nitrogens with one attached hydrogen (secondary N) is 2. The maximum absolute atomic E-state index is 12.1. The highest BCUT2D eigenvalue weighted by molar-refractivity contribution is 6.39. The molecule has 0 saturated carbocycles. The van der Waals surface area contributed by atoms with E-state index in [1.807, 2.05) is 30.3 Å². The molecule has 0 spiro atoms. The second kappa shape index (κ2) is 9.75. The van der Waals surface area contributed by atoms with Crippen molar-refractivity contribution in [1.82, 2.24) is 5.43 Å². The third kappa shape index (κ3) is 4.94. The van der Waals surface area contributed by atoms with Crippen LogP contribution in [0.1, 0.15) is 5.56 Å². The molecule has 0 aliphatic heterocycles. The summed E-state index contributed by atoms with van der Waals surface area (Å²) in [6.45, 7) is 0.0931. The van der Waals surface area contributed by atoms with Crippen LogP contribution in [-0.4, -0.2) is 31.7 Å². The van der Waals surface area contributed by atoms with Crippen LogP contribution in [-0.2, 0) is 9.59 Å². The minimum atomic E-state index is -0.909. The Hall–Kier alpha value is -4.31. The monoisotopic (exact) mass is 401 g/mol. The molecule has 3 rings (SSSR count). The first-order valence-corrected chi connectivity index (χ1v) is 8.99. The van der Waals surface area contributed by atoms with Crippen molar-refractivity contribution in [3.05, 3.63) is 66.2 Å². The molecule has 150 valence electrons. The first kappa shape index (κ1) is 20.4. The van der Waals surface area contributed by atoms with Gasteiger partial charge in [0.1, 0.15) is 18.1 Å². The SMILES string of the molecule is C#CCOc1ccc2ccccc2c1/C=N\NC(=O)C(=O)Nc1ccc(OC)cc1. The molecule has 7 heteroatoms. The molecule has 0 heterocycles. The van der Waals surface area contributed by atoms with E-state index in [1.165, 1.54) is 13.3 Å². The summed E-state index contributed by atoms with van der Waals surface area (Å²) in [4.78, 5) is 24.1. The number of hydrogen-bond acceptors (Lipinski definition) is 5. The van der Waals surface area contributed by atoms with E-state index < -0.39 is 11.8 Å². The fraction of sp³-hybridized carbons (Fsp3) is 0.0870. The second-order valence-electron chi connectivity index (χ2n) is 6.07. The molecule has 0 aliphatic rings. The van der Waals surface area contributed by atoms with Crippen molar-refractivity contribution in [2.45, 2.75) is 0 Å². The first-order chi connectivity index (χ1) is 14.6. The minimum Gasteiger partial charge on any atom is -0.497 e. The Bertz CT molecular complexity index is 1130. The quantitative estimate of drug-likeness (QED) is 0.288. The molecule has 0 bridgehead atoms. The zero-order chi connectivity index (χ0) is 21.3. The summed E-state index contributed by atoms with van der Waals surface area (Å²) in [5.41, 5.74) is 3.32. The van der Waals surface area contributed by atoms with Gasteiger partial charge in [-0.25, -0.2) is 5.43 Å². The van der Waals surface area contributed by atoms with Crippen molar-refractivity contribution in [2.75, 3.05) is 19.0 Å². The number of carbonyl (C=O) groups excluding carboxylic acids is 2. The first-order valence-electron chi connectivity index (χ1n) is 8.99. The number of hydrazone groups is 1. The maximum atomic E-state index is 12.1. The van der Waals surface area contributed by atoms with E-state index in [9.17, 15) is 9.59 Å². The summed E-state index contributed by atoms with van der Waals surface area (Å²) in [7, 11) is 1.54. The molecule has 0 atom stereocenters. The van der Waals surface area contributed by atoms with Gasteiger partial charge in [0, 0.05) is 11.3 Å². The van der Waals surface area contributed by atoms with Crippen LogP contribution in [0.4, 0.5) is 5.69 Å². The van der Waals surface area contributed by atoms with Crippen molar-refractivity contribution in [2.24, 2.45) is 5.10 Å². The lowest BCUT2D eigenvalue weighted by Crippen LogP contribution is -2.32. The van der Waals surface area contributed by atoms with Gasteiger partial charge >= 0.3 is 11.8 Å². The fourth-order valence-corrected chi connectivity index (χ4v) is 2.72. The van der Waals surface area contributed by atoms with E-state index >= 15 is 0 Å². The van der Waals surface area contributed by atoms with E-state index in [2.05, 4.69) is 21.8 Å². The molecular weight excluding hydrogens is 382 g/mol. The summed E-state index contributed by atoms with van der Waals surface area (Å²) in [6.07, 6.45) is 6.70. The molecule has 0 radical (unpaired) electrons. The molecule has 0 aliphatic carbocycles. The molecule has 7 nitrogen and oxygen atoms in total. The number of benzene rings is 3. The van der Waals surface area contributed by atoms with E-state index in [-0.39, 0.29) is 6.61 Å². The Morgan fingerprint density at radius 2 is 1.83 bits per heavy atom. The number of rotatable bonds is 6. The highest BCUT2D eigenvalue weighted by Gasteiger charge is 2.13. The van der Waals surface area contributed by atoms with Crippen molar-refractivity contribution in [3.8, 4) is 23.8 Å². The van der Waals surface area contributed by atoms with Crippen molar-refractivity contribution in [1.29, 1.82) is 0 Å². The molecule has 3 aromatic rings. The van der Waals surface area contributed by atoms with Crippen LogP contribution >= 0.6 is 0 Å². The number of hydrogen-bond donors (Lipinski definition) is 2. The third-order valence-corrected chi connectivity index (χ3v) is 4.16. The van der Waals surface area contributed by atoms with E-state index in [4.69, 9.17) is 15.9 Å². The summed E-state index contributed by atoms with van der Waals surface area (Å²) in [5, 5.41) is 8.23. The van der Waals surface area contributed by atoms with E-state index in [0.717, 1.165) is 10.8 Å². The van der Waals surface area contributed by atoms with Crippen molar-refractivity contribution >= 4 is 34.5 Å². The standard InChI is InChI=1S/C23H19N3O4/c1-3-14-30-21-13-8-16-6-4-5-7-19(16)20(21)15-24-26-23(28)22(27)25-17-9-11-18(29-2)12-10-17/h1,4-13,15H,14H2,2H3,(H,25,27)(H,26,28)/b24-15-. The lowest BCUT2D eigenvalue weighted by molar-refractivity contribution is -0.136. The molecule has 0 unspecified atom stereocenters. The van der Waals surface area contributed by atoms with E-state index in [1.54, 1.807) is 30.3 Å². The van der Waals surface area contributed by atoms with Gasteiger partial charge in [-0.2, -0.15) is 5.10 Å². The highest BCUT2D eigenvalue weighted by atomic mass is 16.5. The Labute approximate surface area is 173 Å².